The molecule has 0 bridgehead atoms. The van der Waals surface area contributed by atoms with Gasteiger partial charge in [-0.25, -0.2) is 0 Å². The molecule has 2 amide bonds. The molecule has 1 aliphatic rings. The molecular weight excluding hydrogens is 224 g/mol. The normalized spacial score (nSPS) is 21.5. The van der Waals surface area contributed by atoms with Crippen LogP contribution in [0.3, 0.4) is 0 Å². The van der Waals surface area contributed by atoms with E-state index in [0.29, 0.717) is 25.8 Å². The number of amides is 2. The number of carbonyl (C=O) groups excluding carboxylic acids is 2. The summed E-state index contributed by atoms with van der Waals surface area (Å²) in [5.74, 6) is -1.37. The van der Waals surface area contributed by atoms with Crippen molar-refractivity contribution >= 4 is 17.8 Å². The monoisotopic (exact) mass is 242 g/mol. The van der Waals surface area contributed by atoms with Gasteiger partial charge in [-0.1, -0.05) is 6.92 Å². The van der Waals surface area contributed by atoms with E-state index in [1.165, 1.54) is 0 Å². The van der Waals surface area contributed by atoms with Crippen LogP contribution >= 0.6 is 0 Å². The molecule has 3 N–H and O–H groups in total. The first kappa shape index (κ1) is 13.5. The molecule has 0 aromatic heterocycles. The molecule has 2 atom stereocenters. The quantitative estimate of drug-likeness (QED) is 0.626. The van der Waals surface area contributed by atoms with Gasteiger partial charge in [-0.05, 0) is 12.8 Å². The van der Waals surface area contributed by atoms with E-state index in [0.717, 1.165) is 0 Å². The van der Waals surface area contributed by atoms with Crippen molar-refractivity contribution in [2.24, 2.45) is 5.92 Å². The topological polar surface area (TPSA) is 95.5 Å². The molecule has 0 aromatic carbocycles. The fourth-order valence-corrected chi connectivity index (χ4v) is 1.78. The highest BCUT2D eigenvalue weighted by Gasteiger charge is 2.26. The van der Waals surface area contributed by atoms with Crippen LogP contribution in [0.25, 0.3) is 0 Å². The zero-order valence-corrected chi connectivity index (χ0v) is 9.86. The maximum absolute atomic E-state index is 11.8. The van der Waals surface area contributed by atoms with Gasteiger partial charge in [0.25, 0.3) is 0 Å². The Morgan fingerprint density at radius 2 is 2.29 bits per heavy atom. The fourth-order valence-electron chi connectivity index (χ4n) is 1.78. The van der Waals surface area contributed by atoms with Crippen molar-refractivity contribution in [3.63, 3.8) is 0 Å². The molecule has 96 valence electrons. The van der Waals surface area contributed by atoms with Crippen LogP contribution in [0.5, 0.6) is 0 Å². The van der Waals surface area contributed by atoms with Crippen molar-refractivity contribution in [3.05, 3.63) is 0 Å². The van der Waals surface area contributed by atoms with Gasteiger partial charge in [0.2, 0.25) is 11.8 Å². The van der Waals surface area contributed by atoms with Crippen molar-refractivity contribution < 1.29 is 19.5 Å². The Labute approximate surface area is 99.8 Å². The lowest BCUT2D eigenvalue weighted by Gasteiger charge is -2.24. The summed E-state index contributed by atoms with van der Waals surface area (Å²) in [6.45, 7) is 2.17. The smallest absolute Gasteiger partial charge is 0.305 e. The van der Waals surface area contributed by atoms with Crippen molar-refractivity contribution in [3.8, 4) is 0 Å². The molecule has 17 heavy (non-hydrogen) atoms. The van der Waals surface area contributed by atoms with E-state index in [1.807, 2.05) is 6.92 Å². The van der Waals surface area contributed by atoms with Crippen LogP contribution in [0.15, 0.2) is 0 Å². The Bertz CT molecular complexity index is 307. The fraction of sp³-hybridized carbons (Fsp3) is 0.727. The van der Waals surface area contributed by atoms with E-state index in [9.17, 15) is 14.4 Å². The van der Waals surface area contributed by atoms with Crippen molar-refractivity contribution in [2.45, 2.75) is 38.6 Å². The highest BCUT2D eigenvalue weighted by Crippen LogP contribution is 2.11. The molecule has 1 aliphatic heterocycles. The van der Waals surface area contributed by atoms with E-state index in [1.54, 1.807) is 0 Å². The summed E-state index contributed by atoms with van der Waals surface area (Å²) < 4.78 is 0. The molecule has 0 spiro atoms. The Balaban J connectivity index is 2.41. The Morgan fingerprint density at radius 1 is 1.59 bits per heavy atom. The number of hydrogen-bond acceptors (Lipinski definition) is 3. The molecule has 1 saturated heterocycles. The minimum absolute atomic E-state index is 0.0355. The van der Waals surface area contributed by atoms with Crippen LogP contribution in [-0.4, -0.2) is 35.5 Å². The summed E-state index contributed by atoms with van der Waals surface area (Å²) in [4.78, 5) is 33.3. The molecule has 6 nitrogen and oxygen atoms in total. The summed E-state index contributed by atoms with van der Waals surface area (Å²) >= 11 is 0. The Morgan fingerprint density at radius 3 is 2.76 bits per heavy atom. The predicted octanol–water partition coefficient (Wildman–Crippen LogP) is -0.118. The molecule has 1 fully saturated rings. The van der Waals surface area contributed by atoms with E-state index >= 15 is 0 Å². The summed E-state index contributed by atoms with van der Waals surface area (Å²) in [6, 6.07) is -0.336. The third kappa shape index (κ3) is 4.42. The van der Waals surface area contributed by atoms with Gasteiger partial charge in [-0.15, -0.1) is 0 Å². The summed E-state index contributed by atoms with van der Waals surface area (Å²) in [6.07, 6.45) is 1.40. The largest absolute Gasteiger partial charge is 0.481 e. The second kappa shape index (κ2) is 6.22. The van der Waals surface area contributed by atoms with E-state index in [4.69, 9.17) is 5.11 Å². The van der Waals surface area contributed by atoms with Gasteiger partial charge in [0.15, 0.2) is 0 Å². The average molecular weight is 242 g/mol. The maximum atomic E-state index is 11.8. The van der Waals surface area contributed by atoms with Crippen LogP contribution in [0.2, 0.25) is 0 Å². The number of rotatable bonds is 5. The molecule has 1 rings (SSSR count). The lowest BCUT2D eigenvalue weighted by molar-refractivity contribution is -0.137. The Hall–Kier alpha value is -1.59. The number of carbonyl (C=O) groups is 3. The number of aliphatic carboxylic acids is 1. The number of nitrogens with one attached hydrogen (secondary N) is 2. The minimum atomic E-state index is -0.922. The second-order valence-electron chi connectivity index (χ2n) is 4.25. The molecule has 0 aliphatic carbocycles. The molecule has 0 radical (unpaired) electrons. The first-order valence-electron chi connectivity index (χ1n) is 5.81. The van der Waals surface area contributed by atoms with Gasteiger partial charge in [0.1, 0.15) is 0 Å². The maximum Gasteiger partial charge on any atom is 0.305 e. The zero-order chi connectivity index (χ0) is 12.8. The van der Waals surface area contributed by atoms with Gasteiger partial charge in [-0.3, -0.25) is 14.4 Å². The summed E-state index contributed by atoms with van der Waals surface area (Å²) in [5.41, 5.74) is 0. The molecule has 0 aromatic rings. The van der Waals surface area contributed by atoms with Gasteiger partial charge >= 0.3 is 5.97 Å². The number of carboxylic acids is 1. The summed E-state index contributed by atoms with van der Waals surface area (Å²) in [5, 5.41) is 14.0. The third-order valence-electron chi connectivity index (χ3n) is 2.90. The average Bonchev–Trinajstić information content (AvgIpc) is 2.28. The van der Waals surface area contributed by atoms with Crippen LogP contribution in [0, 0.1) is 5.92 Å². The molecule has 2 unspecified atom stereocenters. The van der Waals surface area contributed by atoms with Gasteiger partial charge in [0, 0.05) is 19.0 Å². The van der Waals surface area contributed by atoms with Crippen LogP contribution < -0.4 is 10.6 Å². The Kier molecular flexibility index (Phi) is 4.93. The molecule has 0 saturated carbocycles. The lowest BCUT2D eigenvalue weighted by atomic mass is 9.97. The van der Waals surface area contributed by atoms with Crippen molar-refractivity contribution in [1.29, 1.82) is 0 Å². The molecule has 6 heteroatoms. The van der Waals surface area contributed by atoms with Crippen molar-refractivity contribution in [1.82, 2.24) is 10.6 Å². The number of hydrogen-bond donors (Lipinski definition) is 3. The highest BCUT2D eigenvalue weighted by atomic mass is 16.4. The zero-order valence-electron chi connectivity index (χ0n) is 9.86. The van der Waals surface area contributed by atoms with Crippen molar-refractivity contribution in [2.75, 3.05) is 6.54 Å². The van der Waals surface area contributed by atoms with Gasteiger partial charge < -0.3 is 15.7 Å². The lowest BCUT2D eigenvalue weighted by Crippen LogP contribution is -2.46. The third-order valence-corrected chi connectivity index (χ3v) is 2.90. The minimum Gasteiger partial charge on any atom is -0.481 e. The SMILES string of the molecule is CCC(CC(=O)O)NC(=O)C1CCC(=O)NC1. The van der Waals surface area contributed by atoms with E-state index in [2.05, 4.69) is 10.6 Å². The molecule has 1 heterocycles. The van der Waals surface area contributed by atoms with E-state index in [-0.39, 0.29) is 30.2 Å². The van der Waals surface area contributed by atoms with Crippen LogP contribution in [0.4, 0.5) is 0 Å². The molecular formula is C11H18N2O4. The first-order valence-corrected chi connectivity index (χ1v) is 5.81. The van der Waals surface area contributed by atoms with Gasteiger partial charge in [0.05, 0.1) is 12.3 Å². The van der Waals surface area contributed by atoms with Crippen LogP contribution in [-0.2, 0) is 14.4 Å². The van der Waals surface area contributed by atoms with E-state index < -0.39 is 5.97 Å². The standard InChI is InChI=1S/C11H18N2O4/c1-2-8(5-10(15)16)13-11(17)7-3-4-9(14)12-6-7/h7-8H,2-6H2,1H3,(H,12,14)(H,13,17)(H,15,16). The first-order chi connectivity index (χ1) is 8.02. The highest BCUT2D eigenvalue weighted by molar-refractivity contribution is 5.84. The number of piperidine rings is 1. The van der Waals surface area contributed by atoms with Gasteiger partial charge in [-0.2, -0.15) is 0 Å². The second-order valence-corrected chi connectivity index (χ2v) is 4.25. The van der Waals surface area contributed by atoms with Crippen LogP contribution in [0.1, 0.15) is 32.6 Å². The number of carboxylic acid groups (broad SMARTS) is 1. The summed E-state index contributed by atoms with van der Waals surface area (Å²) in [7, 11) is 0. The predicted molar refractivity (Wildman–Crippen MR) is 60.2 cm³/mol.